The van der Waals surface area contributed by atoms with Crippen molar-refractivity contribution < 1.29 is 19.9 Å². The molecule has 8 heteroatoms. The van der Waals surface area contributed by atoms with Crippen molar-refractivity contribution in [3.8, 4) is 0 Å². The lowest BCUT2D eigenvalue weighted by atomic mass is 10.1. The molecule has 3 amide bonds. The van der Waals surface area contributed by atoms with E-state index in [1.54, 1.807) is 0 Å². The van der Waals surface area contributed by atoms with Crippen LogP contribution < -0.4 is 11.1 Å². The van der Waals surface area contributed by atoms with E-state index in [1.807, 2.05) is 5.32 Å². The van der Waals surface area contributed by atoms with Crippen LogP contribution in [0.1, 0.15) is 0 Å². The monoisotopic (exact) mass is 216 g/mol. The molecule has 8 nitrogen and oxygen atoms in total. The molecule has 0 radical (unpaired) electrons. The maximum atomic E-state index is 11.3. The van der Waals surface area contributed by atoms with Gasteiger partial charge in [0.15, 0.2) is 5.84 Å². The highest BCUT2D eigenvalue weighted by Gasteiger charge is 2.34. The predicted molar refractivity (Wildman–Crippen MR) is 49.1 cm³/mol. The van der Waals surface area contributed by atoms with Crippen LogP contribution in [0.5, 0.6) is 0 Å². The van der Waals surface area contributed by atoms with Gasteiger partial charge in [-0.25, -0.2) is 4.79 Å². The quantitative estimate of drug-likeness (QED) is 0.186. The summed E-state index contributed by atoms with van der Waals surface area (Å²) in [5.41, 5.74) is 5.28. The summed E-state index contributed by atoms with van der Waals surface area (Å²) in [7, 11) is 0. The van der Waals surface area contributed by atoms with Crippen LogP contribution in [0.15, 0.2) is 5.16 Å². The number of carbonyl (C=O) groups excluding carboxylic acids is 2. The SMILES string of the molecule is N/C(=N\O)C1CN(CCO)C(=O)NC1=O. The Kier molecular flexibility index (Phi) is 3.45. The van der Waals surface area contributed by atoms with Gasteiger partial charge >= 0.3 is 6.03 Å². The van der Waals surface area contributed by atoms with Crippen molar-refractivity contribution in [1.82, 2.24) is 10.2 Å². The summed E-state index contributed by atoms with van der Waals surface area (Å²) in [4.78, 5) is 23.7. The zero-order valence-corrected chi connectivity index (χ0v) is 7.88. The second kappa shape index (κ2) is 4.60. The summed E-state index contributed by atoms with van der Waals surface area (Å²) in [6, 6.07) is -0.587. The van der Waals surface area contributed by atoms with Crippen LogP contribution in [-0.4, -0.2) is 52.7 Å². The van der Waals surface area contributed by atoms with E-state index in [-0.39, 0.29) is 25.5 Å². The zero-order valence-electron chi connectivity index (χ0n) is 7.88. The topological polar surface area (TPSA) is 128 Å². The molecular weight excluding hydrogens is 204 g/mol. The molecule has 1 unspecified atom stereocenters. The first kappa shape index (κ1) is 11.2. The van der Waals surface area contributed by atoms with Crippen molar-refractivity contribution in [3.05, 3.63) is 0 Å². The normalized spacial score (nSPS) is 22.9. The number of hydrogen-bond donors (Lipinski definition) is 4. The number of nitrogens with zero attached hydrogens (tertiary/aromatic N) is 2. The number of β-amino-alcohol motifs (C(OH)–C–C–N with tert-alkyl or cyclic N) is 1. The number of carbonyl (C=O) groups is 2. The Bertz CT molecular complexity index is 303. The first-order chi connectivity index (χ1) is 7.10. The number of aliphatic hydroxyl groups excluding tert-OH is 1. The van der Waals surface area contributed by atoms with Gasteiger partial charge in [-0.1, -0.05) is 5.16 Å². The van der Waals surface area contributed by atoms with Crippen LogP contribution in [-0.2, 0) is 4.79 Å². The Morgan fingerprint density at radius 2 is 2.33 bits per heavy atom. The fourth-order valence-corrected chi connectivity index (χ4v) is 1.27. The van der Waals surface area contributed by atoms with Gasteiger partial charge in [0.25, 0.3) is 0 Å². The van der Waals surface area contributed by atoms with Gasteiger partial charge in [-0.3, -0.25) is 10.1 Å². The molecule has 1 aliphatic heterocycles. The van der Waals surface area contributed by atoms with Crippen LogP contribution in [0.2, 0.25) is 0 Å². The molecule has 0 saturated carbocycles. The lowest BCUT2D eigenvalue weighted by Gasteiger charge is -2.30. The Morgan fingerprint density at radius 1 is 1.67 bits per heavy atom. The first-order valence-electron chi connectivity index (χ1n) is 4.28. The minimum atomic E-state index is -0.876. The van der Waals surface area contributed by atoms with E-state index >= 15 is 0 Å². The Labute approximate surface area is 85.3 Å². The molecule has 15 heavy (non-hydrogen) atoms. The van der Waals surface area contributed by atoms with E-state index in [2.05, 4.69) is 5.16 Å². The largest absolute Gasteiger partial charge is 0.409 e. The molecule has 0 aromatic rings. The molecule has 0 aromatic carbocycles. The molecule has 5 N–H and O–H groups in total. The molecule has 1 fully saturated rings. The Balaban J connectivity index is 2.75. The van der Waals surface area contributed by atoms with Crippen LogP contribution >= 0.6 is 0 Å². The lowest BCUT2D eigenvalue weighted by Crippen LogP contribution is -2.58. The van der Waals surface area contributed by atoms with Gasteiger partial charge in [-0.15, -0.1) is 0 Å². The maximum absolute atomic E-state index is 11.3. The molecular formula is C7H12N4O4. The standard InChI is InChI=1S/C7H12N4O4/c8-5(10-15)4-3-11(1-2-12)7(14)9-6(4)13/h4,12,15H,1-3H2,(H2,8,10)(H,9,13,14). The third-order valence-electron chi connectivity index (χ3n) is 2.08. The van der Waals surface area contributed by atoms with Crippen molar-refractivity contribution in [2.75, 3.05) is 19.7 Å². The van der Waals surface area contributed by atoms with E-state index in [4.69, 9.17) is 16.0 Å². The number of oxime groups is 1. The number of nitrogens with two attached hydrogens (primary N) is 1. The van der Waals surface area contributed by atoms with E-state index in [1.165, 1.54) is 4.90 Å². The average Bonchev–Trinajstić information content (AvgIpc) is 2.21. The van der Waals surface area contributed by atoms with E-state index in [0.717, 1.165) is 0 Å². The number of urea groups is 1. The average molecular weight is 216 g/mol. The fourth-order valence-electron chi connectivity index (χ4n) is 1.27. The third-order valence-corrected chi connectivity index (χ3v) is 2.08. The van der Waals surface area contributed by atoms with Crippen molar-refractivity contribution in [2.45, 2.75) is 0 Å². The number of aliphatic hydroxyl groups is 1. The summed E-state index contributed by atoms with van der Waals surface area (Å²) in [5.74, 6) is -1.74. The van der Waals surface area contributed by atoms with Crippen molar-refractivity contribution in [2.24, 2.45) is 16.8 Å². The van der Waals surface area contributed by atoms with E-state index in [9.17, 15) is 9.59 Å². The molecule has 1 heterocycles. The molecule has 84 valence electrons. The summed E-state index contributed by atoms with van der Waals surface area (Å²) in [6.45, 7) is -0.125. The molecule has 0 aliphatic carbocycles. The minimum absolute atomic E-state index is 0.00111. The van der Waals surface area contributed by atoms with Crippen molar-refractivity contribution in [1.29, 1.82) is 0 Å². The minimum Gasteiger partial charge on any atom is -0.409 e. The van der Waals surface area contributed by atoms with Gasteiger partial charge in [0.1, 0.15) is 5.92 Å². The lowest BCUT2D eigenvalue weighted by molar-refractivity contribution is -0.123. The number of imide groups is 1. The maximum Gasteiger partial charge on any atom is 0.324 e. The molecule has 1 atom stereocenters. The zero-order chi connectivity index (χ0) is 11.4. The highest BCUT2D eigenvalue weighted by Crippen LogP contribution is 2.07. The Morgan fingerprint density at radius 3 is 2.87 bits per heavy atom. The Hall–Kier alpha value is -1.83. The van der Waals surface area contributed by atoms with Gasteiger partial charge < -0.3 is 20.9 Å². The molecule has 0 bridgehead atoms. The fraction of sp³-hybridized carbons (Fsp3) is 0.571. The van der Waals surface area contributed by atoms with Gasteiger partial charge in [-0.2, -0.15) is 0 Å². The second-order valence-corrected chi connectivity index (χ2v) is 3.04. The number of amidine groups is 1. The van der Waals surface area contributed by atoms with Crippen molar-refractivity contribution >= 4 is 17.8 Å². The molecule has 0 spiro atoms. The summed E-state index contributed by atoms with van der Waals surface area (Å²) in [5, 5.41) is 21.8. The summed E-state index contributed by atoms with van der Waals surface area (Å²) < 4.78 is 0. The number of nitrogens with one attached hydrogen (secondary N) is 1. The van der Waals surface area contributed by atoms with E-state index < -0.39 is 17.9 Å². The van der Waals surface area contributed by atoms with Gasteiger partial charge in [0, 0.05) is 13.1 Å². The summed E-state index contributed by atoms with van der Waals surface area (Å²) >= 11 is 0. The van der Waals surface area contributed by atoms with Crippen LogP contribution in [0, 0.1) is 5.92 Å². The van der Waals surface area contributed by atoms with Crippen molar-refractivity contribution in [3.63, 3.8) is 0 Å². The van der Waals surface area contributed by atoms with Crippen LogP contribution in [0.4, 0.5) is 4.79 Å². The van der Waals surface area contributed by atoms with Gasteiger partial charge in [0.2, 0.25) is 5.91 Å². The number of amides is 3. The van der Waals surface area contributed by atoms with Gasteiger partial charge in [-0.05, 0) is 0 Å². The first-order valence-corrected chi connectivity index (χ1v) is 4.28. The van der Waals surface area contributed by atoms with E-state index in [0.29, 0.717) is 0 Å². The molecule has 1 aliphatic rings. The van der Waals surface area contributed by atoms with Gasteiger partial charge in [0.05, 0.1) is 6.61 Å². The molecule has 1 saturated heterocycles. The smallest absolute Gasteiger partial charge is 0.324 e. The highest BCUT2D eigenvalue weighted by atomic mass is 16.4. The highest BCUT2D eigenvalue weighted by molar-refractivity contribution is 6.09. The summed E-state index contributed by atoms with van der Waals surface area (Å²) in [6.07, 6.45) is 0. The number of rotatable bonds is 3. The predicted octanol–water partition coefficient (Wildman–Crippen LogP) is -2.11. The van der Waals surface area contributed by atoms with Crippen LogP contribution in [0.25, 0.3) is 0 Å². The molecule has 1 rings (SSSR count). The van der Waals surface area contributed by atoms with Crippen LogP contribution in [0.3, 0.4) is 0 Å². The third kappa shape index (κ3) is 2.34. The second-order valence-electron chi connectivity index (χ2n) is 3.04. The molecule has 0 aromatic heterocycles. The number of hydrogen-bond acceptors (Lipinski definition) is 5.